The van der Waals surface area contributed by atoms with Gasteiger partial charge < -0.3 is 19.7 Å². The molecule has 1 aliphatic rings. The van der Waals surface area contributed by atoms with Crippen LogP contribution in [0.15, 0.2) is 36.4 Å². The van der Waals surface area contributed by atoms with Gasteiger partial charge in [-0.05, 0) is 56.7 Å². The average molecular weight is 437 g/mol. The van der Waals surface area contributed by atoms with Crippen LogP contribution in [-0.4, -0.2) is 31.1 Å². The van der Waals surface area contributed by atoms with Crippen LogP contribution < -0.4 is 19.7 Å². The Balaban J connectivity index is 1.53. The van der Waals surface area contributed by atoms with E-state index in [2.05, 4.69) is 5.32 Å². The minimum atomic E-state index is -0.517. The summed E-state index contributed by atoms with van der Waals surface area (Å²) in [5.41, 5.74) is 1.27. The average Bonchev–Trinajstić information content (AvgIpc) is 2.68. The van der Waals surface area contributed by atoms with Gasteiger partial charge in [-0.1, -0.05) is 23.2 Å². The van der Waals surface area contributed by atoms with Crippen LogP contribution in [0.4, 0.5) is 11.4 Å². The molecule has 0 radical (unpaired) electrons. The summed E-state index contributed by atoms with van der Waals surface area (Å²) in [6, 6.07) is 10.3. The van der Waals surface area contributed by atoms with Crippen molar-refractivity contribution in [1.29, 1.82) is 0 Å². The molecule has 2 aromatic carbocycles. The third kappa shape index (κ3) is 5.14. The standard InChI is InChI=1S/C21H22Cl2N2O4/c1-3-25-17-12-15(7-9-19(17)29-13(2)21(25)27)24-20(26)5-4-10-28-18-8-6-14(22)11-16(18)23/h6-9,11-13H,3-5,10H2,1-2H3,(H,24,26). The number of nitrogens with zero attached hydrogens (tertiary/aromatic N) is 1. The van der Waals surface area contributed by atoms with Crippen molar-refractivity contribution in [3.8, 4) is 11.5 Å². The number of halogens is 2. The fraction of sp³-hybridized carbons (Fsp3) is 0.333. The third-order valence-electron chi connectivity index (χ3n) is 4.47. The van der Waals surface area contributed by atoms with E-state index in [9.17, 15) is 9.59 Å². The molecule has 6 nitrogen and oxygen atoms in total. The lowest BCUT2D eigenvalue weighted by atomic mass is 10.1. The Kier molecular flexibility index (Phi) is 6.87. The highest BCUT2D eigenvalue weighted by Gasteiger charge is 2.30. The first-order chi connectivity index (χ1) is 13.9. The largest absolute Gasteiger partial charge is 0.492 e. The minimum Gasteiger partial charge on any atom is -0.492 e. The molecule has 3 rings (SSSR count). The Bertz CT molecular complexity index is 920. The quantitative estimate of drug-likeness (QED) is 0.625. The van der Waals surface area contributed by atoms with Gasteiger partial charge in [0, 0.05) is 23.7 Å². The predicted molar refractivity (Wildman–Crippen MR) is 114 cm³/mol. The molecule has 8 heteroatoms. The van der Waals surface area contributed by atoms with E-state index in [0.717, 1.165) is 0 Å². The highest BCUT2D eigenvalue weighted by Crippen LogP contribution is 2.36. The van der Waals surface area contributed by atoms with Crippen molar-refractivity contribution in [1.82, 2.24) is 0 Å². The fourth-order valence-corrected chi connectivity index (χ4v) is 3.50. The molecule has 0 fully saturated rings. The Labute approximate surface area is 179 Å². The Morgan fingerprint density at radius 2 is 2.03 bits per heavy atom. The van der Waals surface area contributed by atoms with Gasteiger partial charge >= 0.3 is 0 Å². The number of fused-ring (bicyclic) bond motifs is 1. The minimum absolute atomic E-state index is 0.0958. The molecule has 154 valence electrons. The molecule has 0 aliphatic carbocycles. The molecule has 1 atom stereocenters. The summed E-state index contributed by atoms with van der Waals surface area (Å²) < 4.78 is 11.2. The maximum atomic E-state index is 12.3. The predicted octanol–water partition coefficient (Wildman–Crippen LogP) is 4.92. The number of amides is 2. The molecule has 0 saturated carbocycles. The van der Waals surface area contributed by atoms with Crippen molar-refractivity contribution < 1.29 is 19.1 Å². The van der Waals surface area contributed by atoms with Crippen LogP contribution in [0, 0.1) is 0 Å². The lowest BCUT2D eigenvalue weighted by molar-refractivity contribution is -0.125. The number of hydrogen-bond acceptors (Lipinski definition) is 4. The molecular formula is C21H22Cl2N2O4. The number of anilines is 2. The van der Waals surface area contributed by atoms with Crippen LogP contribution in [0.3, 0.4) is 0 Å². The van der Waals surface area contributed by atoms with E-state index in [1.807, 2.05) is 6.92 Å². The first-order valence-electron chi connectivity index (χ1n) is 9.39. The highest BCUT2D eigenvalue weighted by molar-refractivity contribution is 6.35. The topological polar surface area (TPSA) is 67.9 Å². The number of benzene rings is 2. The summed E-state index contributed by atoms with van der Waals surface area (Å²) in [4.78, 5) is 26.2. The third-order valence-corrected chi connectivity index (χ3v) is 5.00. The van der Waals surface area contributed by atoms with Gasteiger partial charge in [-0.25, -0.2) is 0 Å². The van der Waals surface area contributed by atoms with Gasteiger partial charge in [0.25, 0.3) is 5.91 Å². The molecule has 2 aromatic rings. The second-order valence-corrected chi connectivity index (χ2v) is 7.44. The van der Waals surface area contributed by atoms with Gasteiger partial charge in [0.2, 0.25) is 5.91 Å². The Hall–Kier alpha value is -2.44. The number of ether oxygens (including phenoxy) is 2. The molecule has 2 amide bonds. The van der Waals surface area contributed by atoms with E-state index in [4.69, 9.17) is 32.7 Å². The van der Waals surface area contributed by atoms with Crippen LogP contribution in [0.2, 0.25) is 10.0 Å². The first kappa shape index (κ1) is 21.3. The van der Waals surface area contributed by atoms with E-state index < -0.39 is 6.10 Å². The van der Waals surface area contributed by atoms with Crippen molar-refractivity contribution in [2.24, 2.45) is 0 Å². The van der Waals surface area contributed by atoms with Gasteiger partial charge in [-0.3, -0.25) is 9.59 Å². The van der Waals surface area contributed by atoms with Crippen LogP contribution in [0.5, 0.6) is 11.5 Å². The summed E-state index contributed by atoms with van der Waals surface area (Å²) >= 11 is 11.9. The maximum absolute atomic E-state index is 12.3. The zero-order valence-electron chi connectivity index (χ0n) is 16.2. The molecule has 1 unspecified atom stereocenters. The lowest BCUT2D eigenvalue weighted by Gasteiger charge is -2.32. The summed E-state index contributed by atoms with van der Waals surface area (Å²) in [6.45, 7) is 4.51. The number of likely N-dealkylation sites (N-methyl/N-ethyl adjacent to an activating group) is 1. The molecule has 0 spiro atoms. The van der Waals surface area contributed by atoms with Gasteiger partial charge in [-0.2, -0.15) is 0 Å². The monoisotopic (exact) mass is 436 g/mol. The van der Waals surface area contributed by atoms with Crippen LogP contribution in [0.1, 0.15) is 26.7 Å². The van der Waals surface area contributed by atoms with Crippen LogP contribution >= 0.6 is 23.2 Å². The van der Waals surface area contributed by atoms with Crippen molar-refractivity contribution in [3.63, 3.8) is 0 Å². The van der Waals surface area contributed by atoms with Gasteiger partial charge in [0.1, 0.15) is 11.5 Å². The van der Waals surface area contributed by atoms with E-state index in [1.54, 1.807) is 48.2 Å². The molecular weight excluding hydrogens is 415 g/mol. The van der Waals surface area contributed by atoms with Crippen LogP contribution in [0.25, 0.3) is 0 Å². The second kappa shape index (κ2) is 9.37. The SMILES string of the molecule is CCN1C(=O)C(C)Oc2ccc(NC(=O)CCCOc3ccc(Cl)cc3Cl)cc21. The number of carbonyl (C=O) groups excluding carboxylic acids is 2. The fourth-order valence-electron chi connectivity index (χ4n) is 3.04. The van der Waals surface area contributed by atoms with Crippen molar-refractivity contribution in [2.45, 2.75) is 32.8 Å². The van der Waals surface area contributed by atoms with E-state index in [0.29, 0.717) is 52.5 Å². The van der Waals surface area contributed by atoms with E-state index >= 15 is 0 Å². The summed E-state index contributed by atoms with van der Waals surface area (Å²) in [6.07, 6.45) is 0.291. The van der Waals surface area contributed by atoms with Gasteiger partial charge in [0.05, 0.1) is 17.3 Å². The number of nitrogens with one attached hydrogen (secondary N) is 1. The second-order valence-electron chi connectivity index (χ2n) is 6.60. The molecule has 0 bridgehead atoms. The first-order valence-corrected chi connectivity index (χ1v) is 10.1. The maximum Gasteiger partial charge on any atom is 0.267 e. The zero-order valence-corrected chi connectivity index (χ0v) is 17.7. The smallest absolute Gasteiger partial charge is 0.267 e. The zero-order chi connectivity index (χ0) is 21.0. The summed E-state index contributed by atoms with van der Waals surface area (Å²) in [5.74, 6) is 0.923. The molecule has 0 saturated heterocycles. The highest BCUT2D eigenvalue weighted by atomic mass is 35.5. The van der Waals surface area contributed by atoms with E-state index in [1.165, 1.54) is 0 Å². The van der Waals surface area contributed by atoms with E-state index in [-0.39, 0.29) is 18.2 Å². The number of carbonyl (C=O) groups is 2. The molecule has 1 N–H and O–H groups in total. The van der Waals surface area contributed by atoms with Crippen molar-refractivity contribution in [2.75, 3.05) is 23.4 Å². The number of rotatable bonds is 7. The molecule has 29 heavy (non-hydrogen) atoms. The van der Waals surface area contributed by atoms with Gasteiger partial charge in [-0.15, -0.1) is 0 Å². The summed E-state index contributed by atoms with van der Waals surface area (Å²) in [5, 5.41) is 3.82. The Morgan fingerprint density at radius 1 is 1.24 bits per heavy atom. The lowest BCUT2D eigenvalue weighted by Crippen LogP contribution is -2.44. The van der Waals surface area contributed by atoms with Crippen molar-refractivity contribution in [3.05, 3.63) is 46.4 Å². The normalized spacial score (nSPS) is 15.5. The Morgan fingerprint density at radius 3 is 2.76 bits per heavy atom. The van der Waals surface area contributed by atoms with Crippen LogP contribution in [-0.2, 0) is 9.59 Å². The number of hydrogen-bond donors (Lipinski definition) is 1. The van der Waals surface area contributed by atoms with Gasteiger partial charge in [0.15, 0.2) is 6.10 Å². The molecule has 0 aromatic heterocycles. The summed E-state index contributed by atoms with van der Waals surface area (Å²) in [7, 11) is 0. The van der Waals surface area contributed by atoms with Crippen molar-refractivity contribution >= 4 is 46.4 Å². The molecule has 1 aliphatic heterocycles. The molecule has 1 heterocycles.